The molecule has 0 saturated heterocycles. The lowest BCUT2D eigenvalue weighted by atomic mass is 10.2. The van der Waals surface area contributed by atoms with Gasteiger partial charge in [0, 0.05) is 17.4 Å². The van der Waals surface area contributed by atoms with Gasteiger partial charge in [-0.2, -0.15) is 39.5 Å². The maximum absolute atomic E-state index is 12.8. The van der Waals surface area contributed by atoms with Crippen LogP contribution < -0.4 is 5.32 Å². The van der Waals surface area contributed by atoms with Crippen LogP contribution >= 0.6 is 11.8 Å². The van der Waals surface area contributed by atoms with Crippen LogP contribution in [0.5, 0.6) is 0 Å². The molecule has 6 nitrogen and oxygen atoms in total. The van der Waals surface area contributed by atoms with Gasteiger partial charge in [-0.1, -0.05) is 0 Å². The van der Waals surface area contributed by atoms with Crippen molar-refractivity contribution in [2.75, 3.05) is 18.2 Å². The molecule has 0 aromatic carbocycles. The molecule has 2 aromatic rings. The lowest BCUT2D eigenvalue weighted by Crippen LogP contribution is -2.32. The second-order valence-electron chi connectivity index (χ2n) is 4.39. The molecule has 0 fully saturated rings. The standard InChI is InChI=1S/C11H14F3N5OS/c1-6(7(4-20)21-2)17-9-3-8(11(12,13)14)18-10-15-5-16-19(9)10/h3,5-7,17,20H,4H2,1-2H3. The molecule has 2 N–H and O–H groups in total. The second-order valence-corrected chi connectivity index (χ2v) is 5.46. The van der Waals surface area contributed by atoms with Gasteiger partial charge >= 0.3 is 6.18 Å². The quantitative estimate of drug-likeness (QED) is 0.872. The highest BCUT2D eigenvalue weighted by Gasteiger charge is 2.34. The number of alkyl halides is 3. The summed E-state index contributed by atoms with van der Waals surface area (Å²) in [6.45, 7) is 1.68. The molecule has 0 radical (unpaired) electrons. The Kier molecular flexibility index (Phi) is 4.57. The van der Waals surface area contributed by atoms with Gasteiger partial charge in [0.1, 0.15) is 12.1 Å². The third-order valence-corrected chi connectivity index (χ3v) is 4.12. The second kappa shape index (κ2) is 6.06. The summed E-state index contributed by atoms with van der Waals surface area (Å²) >= 11 is 1.42. The predicted octanol–water partition coefficient (Wildman–Crippen LogP) is 1.67. The third-order valence-electron chi connectivity index (χ3n) is 2.96. The number of aliphatic hydroxyl groups excluding tert-OH is 1. The molecule has 0 aliphatic rings. The highest BCUT2D eigenvalue weighted by molar-refractivity contribution is 7.99. The number of thioether (sulfide) groups is 1. The molecule has 0 aliphatic carbocycles. The van der Waals surface area contributed by atoms with E-state index in [0.29, 0.717) is 0 Å². The van der Waals surface area contributed by atoms with E-state index in [-0.39, 0.29) is 29.5 Å². The fourth-order valence-electron chi connectivity index (χ4n) is 1.82. The average molecular weight is 321 g/mol. The van der Waals surface area contributed by atoms with E-state index in [0.717, 1.165) is 12.4 Å². The van der Waals surface area contributed by atoms with Crippen molar-refractivity contribution in [2.24, 2.45) is 0 Å². The fraction of sp³-hybridized carbons (Fsp3) is 0.545. The van der Waals surface area contributed by atoms with Crippen molar-refractivity contribution in [3.63, 3.8) is 0 Å². The topological polar surface area (TPSA) is 75.3 Å². The van der Waals surface area contributed by atoms with Gasteiger partial charge in [-0.3, -0.25) is 0 Å². The summed E-state index contributed by atoms with van der Waals surface area (Å²) < 4.78 is 39.7. The molecule has 21 heavy (non-hydrogen) atoms. The number of hydrogen-bond acceptors (Lipinski definition) is 6. The molecule has 2 atom stereocenters. The lowest BCUT2D eigenvalue weighted by Gasteiger charge is -2.22. The number of halogens is 3. The van der Waals surface area contributed by atoms with Crippen LogP contribution in [0.3, 0.4) is 0 Å². The van der Waals surface area contributed by atoms with Crippen LogP contribution in [0, 0.1) is 0 Å². The summed E-state index contributed by atoms with van der Waals surface area (Å²) in [6.07, 6.45) is -1.61. The Bertz CT molecular complexity index is 613. The number of fused-ring (bicyclic) bond motifs is 1. The monoisotopic (exact) mass is 321 g/mol. The maximum Gasteiger partial charge on any atom is 0.433 e. The Labute approximate surface area is 122 Å². The van der Waals surface area contributed by atoms with E-state index >= 15 is 0 Å². The zero-order valence-corrected chi connectivity index (χ0v) is 12.1. The number of aliphatic hydroxyl groups is 1. The van der Waals surface area contributed by atoms with E-state index in [1.165, 1.54) is 16.3 Å². The number of nitrogens with zero attached hydrogens (tertiary/aromatic N) is 4. The van der Waals surface area contributed by atoms with Crippen LogP contribution in [-0.2, 0) is 6.18 Å². The molecule has 2 aromatic heterocycles. The largest absolute Gasteiger partial charge is 0.433 e. The molecule has 0 aliphatic heterocycles. The molecular weight excluding hydrogens is 307 g/mol. The van der Waals surface area contributed by atoms with Crippen molar-refractivity contribution in [1.29, 1.82) is 0 Å². The highest BCUT2D eigenvalue weighted by atomic mass is 32.2. The van der Waals surface area contributed by atoms with Crippen LogP contribution in [0.15, 0.2) is 12.4 Å². The first kappa shape index (κ1) is 15.8. The Balaban J connectivity index is 2.40. The van der Waals surface area contributed by atoms with Crippen molar-refractivity contribution >= 4 is 23.4 Å². The van der Waals surface area contributed by atoms with E-state index in [4.69, 9.17) is 0 Å². The minimum absolute atomic E-state index is 0.0902. The summed E-state index contributed by atoms with van der Waals surface area (Å²) in [5.41, 5.74) is -1.04. The van der Waals surface area contributed by atoms with Crippen molar-refractivity contribution in [2.45, 2.75) is 24.4 Å². The van der Waals surface area contributed by atoms with Gasteiger partial charge in [0.25, 0.3) is 5.78 Å². The molecule has 0 saturated carbocycles. The SMILES string of the molecule is CSC(CO)C(C)Nc1cc(C(F)(F)F)nc2ncnn12. The van der Waals surface area contributed by atoms with Gasteiger partial charge in [-0.25, -0.2) is 4.98 Å². The molecule has 0 bridgehead atoms. The van der Waals surface area contributed by atoms with Crippen molar-refractivity contribution in [3.05, 3.63) is 18.1 Å². The van der Waals surface area contributed by atoms with E-state index in [2.05, 4.69) is 20.4 Å². The zero-order chi connectivity index (χ0) is 15.6. The van der Waals surface area contributed by atoms with Crippen LogP contribution in [0.2, 0.25) is 0 Å². The first-order valence-corrected chi connectivity index (χ1v) is 7.33. The molecule has 0 amide bonds. The third kappa shape index (κ3) is 3.38. The summed E-state index contributed by atoms with van der Waals surface area (Å²) in [7, 11) is 0. The smallest absolute Gasteiger partial charge is 0.395 e. The van der Waals surface area contributed by atoms with Crippen LogP contribution in [0.4, 0.5) is 19.0 Å². The number of anilines is 1. The summed E-state index contributed by atoms with van der Waals surface area (Å²) in [4.78, 5) is 7.12. The van der Waals surface area contributed by atoms with Crippen molar-refractivity contribution in [3.8, 4) is 0 Å². The summed E-state index contributed by atoms with van der Waals surface area (Å²) in [5.74, 6) is -0.00551. The number of aromatic nitrogens is 4. The van der Waals surface area contributed by atoms with Crippen LogP contribution in [0.1, 0.15) is 12.6 Å². The zero-order valence-electron chi connectivity index (χ0n) is 11.3. The molecule has 116 valence electrons. The Morgan fingerprint density at radius 3 is 2.76 bits per heavy atom. The van der Waals surface area contributed by atoms with E-state index < -0.39 is 11.9 Å². The van der Waals surface area contributed by atoms with Gasteiger partial charge < -0.3 is 10.4 Å². The normalized spacial score (nSPS) is 15.1. The summed E-state index contributed by atoms with van der Waals surface area (Å²) in [6, 6.07) is 0.619. The maximum atomic E-state index is 12.8. The molecule has 10 heteroatoms. The number of nitrogens with one attached hydrogen (secondary N) is 1. The van der Waals surface area contributed by atoms with Gasteiger partial charge in [0.05, 0.1) is 6.61 Å². The van der Waals surface area contributed by atoms with E-state index in [9.17, 15) is 18.3 Å². The first-order chi connectivity index (χ1) is 9.86. The number of rotatable bonds is 5. The minimum atomic E-state index is -4.57. The fourth-order valence-corrected chi connectivity index (χ4v) is 2.45. The minimum Gasteiger partial charge on any atom is -0.395 e. The average Bonchev–Trinajstić information content (AvgIpc) is 2.87. The molecule has 2 rings (SSSR count). The summed E-state index contributed by atoms with van der Waals surface area (Å²) in [5, 5.41) is 15.9. The Morgan fingerprint density at radius 1 is 1.48 bits per heavy atom. The van der Waals surface area contributed by atoms with E-state index in [1.807, 2.05) is 6.26 Å². The Hall–Kier alpha value is -1.55. The molecule has 2 unspecified atom stereocenters. The van der Waals surface area contributed by atoms with Crippen LogP contribution in [-0.4, -0.2) is 48.8 Å². The van der Waals surface area contributed by atoms with Gasteiger partial charge in [-0.05, 0) is 13.2 Å². The van der Waals surface area contributed by atoms with E-state index in [1.54, 1.807) is 6.92 Å². The Morgan fingerprint density at radius 2 is 2.19 bits per heavy atom. The molecule has 0 spiro atoms. The van der Waals surface area contributed by atoms with Gasteiger partial charge in [0.15, 0.2) is 5.69 Å². The first-order valence-electron chi connectivity index (χ1n) is 6.05. The highest BCUT2D eigenvalue weighted by Crippen LogP contribution is 2.30. The van der Waals surface area contributed by atoms with Gasteiger partial charge in [-0.15, -0.1) is 0 Å². The van der Waals surface area contributed by atoms with Crippen molar-refractivity contribution < 1.29 is 18.3 Å². The molecule has 2 heterocycles. The van der Waals surface area contributed by atoms with Crippen molar-refractivity contribution in [1.82, 2.24) is 19.6 Å². The lowest BCUT2D eigenvalue weighted by molar-refractivity contribution is -0.141. The predicted molar refractivity (Wildman–Crippen MR) is 73.3 cm³/mol. The number of hydrogen-bond donors (Lipinski definition) is 2. The van der Waals surface area contributed by atoms with Crippen LogP contribution in [0.25, 0.3) is 5.78 Å². The van der Waals surface area contributed by atoms with Gasteiger partial charge in [0.2, 0.25) is 0 Å². The molecular formula is C11H14F3N5OS.